The highest BCUT2D eigenvalue weighted by Gasteiger charge is 2.17. The number of carbonyl (C=O) groups is 1. The van der Waals surface area contributed by atoms with Gasteiger partial charge in [-0.1, -0.05) is 167 Å². The molecule has 286 valence electrons. The Hall–Kier alpha value is -1.14. The van der Waals surface area contributed by atoms with E-state index in [1.807, 2.05) is 12.1 Å². The van der Waals surface area contributed by atoms with Gasteiger partial charge in [-0.3, -0.25) is 4.79 Å². The average Bonchev–Trinajstić information content (AvgIpc) is 3.12. The lowest BCUT2D eigenvalue weighted by Gasteiger charge is -2.23. The minimum atomic E-state index is -0.104. The first-order valence-corrected chi connectivity index (χ1v) is 21.0. The van der Waals surface area contributed by atoms with Crippen molar-refractivity contribution in [2.24, 2.45) is 0 Å². The largest absolute Gasteiger partial charge is 0.379 e. The van der Waals surface area contributed by atoms with Crippen molar-refractivity contribution in [1.82, 2.24) is 10.6 Å². The molecular formula is C43H79ClN2O3. The third kappa shape index (κ3) is 25.5. The van der Waals surface area contributed by atoms with Crippen LogP contribution < -0.4 is 10.6 Å². The Labute approximate surface area is 310 Å². The van der Waals surface area contributed by atoms with Crippen LogP contribution in [0.25, 0.3) is 0 Å². The molecule has 0 bridgehead atoms. The fraction of sp³-hybridized carbons (Fsp3) is 0.837. The number of ether oxygens (including phenoxy) is 2. The monoisotopic (exact) mass is 707 g/mol. The number of unbranched alkanes of at least 4 members (excludes halogenated alkanes) is 22. The molecule has 1 atom stereocenters. The second kappa shape index (κ2) is 34.0. The zero-order valence-electron chi connectivity index (χ0n) is 32.2. The van der Waals surface area contributed by atoms with Gasteiger partial charge in [0.1, 0.15) is 0 Å². The van der Waals surface area contributed by atoms with Gasteiger partial charge in [0.2, 0.25) is 0 Å². The summed E-state index contributed by atoms with van der Waals surface area (Å²) in [6, 6.07) is 8.26. The van der Waals surface area contributed by atoms with Crippen LogP contribution in [0, 0.1) is 0 Å². The average molecular weight is 708 g/mol. The van der Waals surface area contributed by atoms with Crippen molar-refractivity contribution in [1.29, 1.82) is 0 Å². The molecule has 2 N–H and O–H groups in total. The molecule has 1 aromatic rings. The van der Waals surface area contributed by atoms with Crippen LogP contribution in [-0.4, -0.2) is 51.5 Å². The second-order valence-corrected chi connectivity index (χ2v) is 14.7. The quantitative estimate of drug-likeness (QED) is 0.0714. The van der Waals surface area contributed by atoms with Gasteiger partial charge in [0.05, 0.1) is 12.7 Å². The zero-order chi connectivity index (χ0) is 34.2. The predicted molar refractivity (Wildman–Crippen MR) is 214 cm³/mol. The van der Waals surface area contributed by atoms with E-state index in [9.17, 15) is 4.79 Å². The normalized spacial score (nSPS) is 14.1. The number of halogens is 1. The molecule has 1 aromatic carbocycles. The van der Waals surface area contributed by atoms with E-state index >= 15 is 0 Å². The van der Waals surface area contributed by atoms with Crippen LogP contribution in [0.4, 0.5) is 0 Å². The van der Waals surface area contributed by atoms with E-state index in [1.54, 1.807) is 0 Å². The topological polar surface area (TPSA) is 59.6 Å². The number of hydrogen-bond donors (Lipinski definition) is 2. The van der Waals surface area contributed by atoms with Gasteiger partial charge in [-0.25, -0.2) is 0 Å². The Morgan fingerprint density at radius 2 is 1.08 bits per heavy atom. The van der Waals surface area contributed by atoms with Crippen molar-refractivity contribution in [2.75, 3.05) is 39.5 Å². The molecule has 0 aliphatic carbocycles. The third-order valence-electron chi connectivity index (χ3n) is 10.3. The summed E-state index contributed by atoms with van der Waals surface area (Å²) < 4.78 is 12.4. The van der Waals surface area contributed by atoms with Crippen molar-refractivity contribution in [3.63, 3.8) is 0 Å². The maximum absolute atomic E-state index is 13.0. The summed E-state index contributed by atoms with van der Waals surface area (Å²) in [4.78, 5) is 13.0. The van der Waals surface area contributed by atoms with E-state index in [0.29, 0.717) is 19.1 Å². The lowest BCUT2D eigenvalue weighted by molar-refractivity contribution is -0.0170. The molecule has 1 aliphatic rings. The van der Waals surface area contributed by atoms with Crippen molar-refractivity contribution in [3.8, 4) is 0 Å². The maximum atomic E-state index is 13.0. The molecular weight excluding hydrogens is 628 g/mol. The van der Waals surface area contributed by atoms with E-state index in [4.69, 9.17) is 9.47 Å². The number of rotatable bonds is 33. The molecule has 5 nitrogen and oxygen atoms in total. The van der Waals surface area contributed by atoms with E-state index in [1.165, 1.54) is 160 Å². The number of hydrogen-bond acceptors (Lipinski definition) is 4. The third-order valence-corrected chi connectivity index (χ3v) is 10.3. The van der Waals surface area contributed by atoms with Crippen LogP contribution in [0.2, 0.25) is 0 Å². The highest BCUT2D eigenvalue weighted by molar-refractivity contribution is 5.94. The van der Waals surface area contributed by atoms with E-state index < -0.39 is 0 Å². The molecule has 0 radical (unpaired) electrons. The summed E-state index contributed by atoms with van der Waals surface area (Å²) in [5.41, 5.74) is 2.08. The molecule has 1 amide bonds. The lowest BCUT2D eigenvalue weighted by atomic mass is 9.90. The number of benzene rings is 1. The Balaban J connectivity index is 0.0000120. The molecule has 1 aliphatic heterocycles. The summed E-state index contributed by atoms with van der Waals surface area (Å²) in [7, 11) is 0. The number of piperidine rings is 1. The van der Waals surface area contributed by atoms with Gasteiger partial charge in [0, 0.05) is 25.3 Å². The smallest absolute Gasteiger partial charge is 0.251 e. The molecule has 1 fully saturated rings. The van der Waals surface area contributed by atoms with Crippen LogP contribution in [0.5, 0.6) is 0 Å². The highest BCUT2D eigenvalue weighted by Crippen LogP contribution is 2.25. The van der Waals surface area contributed by atoms with Gasteiger partial charge in [-0.05, 0) is 62.4 Å². The number of nitrogens with one attached hydrogen (secondary N) is 2. The molecule has 2 rings (SSSR count). The van der Waals surface area contributed by atoms with E-state index in [0.717, 1.165) is 44.7 Å². The minimum Gasteiger partial charge on any atom is -0.379 e. The fourth-order valence-electron chi connectivity index (χ4n) is 6.99. The highest BCUT2D eigenvalue weighted by atomic mass is 35.5. The van der Waals surface area contributed by atoms with Gasteiger partial charge in [0.25, 0.3) is 5.91 Å². The fourth-order valence-corrected chi connectivity index (χ4v) is 6.99. The summed E-state index contributed by atoms with van der Waals surface area (Å²) in [5, 5.41) is 6.58. The Morgan fingerprint density at radius 1 is 0.653 bits per heavy atom. The Morgan fingerprint density at radius 3 is 1.55 bits per heavy atom. The summed E-state index contributed by atoms with van der Waals surface area (Å²) in [5.74, 6) is 0.579. The number of amides is 1. The van der Waals surface area contributed by atoms with Gasteiger partial charge < -0.3 is 20.1 Å². The van der Waals surface area contributed by atoms with Crippen LogP contribution in [0.3, 0.4) is 0 Å². The molecule has 1 saturated heterocycles. The van der Waals surface area contributed by atoms with Crippen LogP contribution in [0.1, 0.15) is 203 Å². The summed E-state index contributed by atoms with van der Waals surface area (Å²) in [6.07, 6.45) is 34.5. The zero-order valence-corrected chi connectivity index (χ0v) is 33.0. The minimum absolute atomic E-state index is 0. The SMILES string of the molecule is CCCCCCCCCCCCCCOCC(CNC(=O)c1ccc(C2CCNCC2)cc1)OCCCCCCCCCCCCCC.Cl. The molecule has 6 heteroatoms. The first-order chi connectivity index (χ1) is 23.7. The first kappa shape index (κ1) is 45.9. The van der Waals surface area contributed by atoms with Crippen LogP contribution in [-0.2, 0) is 9.47 Å². The Kier molecular flexibility index (Phi) is 31.8. The van der Waals surface area contributed by atoms with Gasteiger partial charge in [-0.15, -0.1) is 12.4 Å². The summed E-state index contributed by atoms with van der Waals surface area (Å²) >= 11 is 0. The first-order valence-electron chi connectivity index (χ1n) is 21.0. The molecule has 0 spiro atoms. The molecule has 49 heavy (non-hydrogen) atoms. The Bertz CT molecular complexity index is 846. The number of carbonyl (C=O) groups excluding carboxylic acids is 1. The van der Waals surface area contributed by atoms with Crippen molar-refractivity contribution >= 4 is 18.3 Å². The molecule has 1 heterocycles. The van der Waals surface area contributed by atoms with Gasteiger partial charge >= 0.3 is 0 Å². The predicted octanol–water partition coefficient (Wildman–Crippen LogP) is 12.1. The second-order valence-electron chi connectivity index (χ2n) is 14.7. The molecule has 0 aromatic heterocycles. The standard InChI is InChI=1S/C43H78N2O3.ClH/c1-3-5-7-9-11-13-15-17-19-21-23-25-35-47-38-42(48-36-26-24-22-20-18-16-14-12-10-8-6-4-2)37-45-43(46)41-29-27-39(28-30-41)40-31-33-44-34-32-40;/h27-30,40,42,44H,3-26,31-38H2,1-2H3,(H,45,46);1H. The molecule has 1 unspecified atom stereocenters. The maximum Gasteiger partial charge on any atom is 0.251 e. The van der Waals surface area contributed by atoms with E-state index in [2.05, 4.69) is 36.6 Å². The lowest BCUT2D eigenvalue weighted by Crippen LogP contribution is -2.36. The van der Waals surface area contributed by atoms with Crippen molar-refractivity contribution in [3.05, 3.63) is 35.4 Å². The van der Waals surface area contributed by atoms with Crippen molar-refractivity contribution < 1.29 is 14.3 Å². The van der Waals surface area contributed by atoms with Gasteiger partial charge in [0.15, 0.2) is 0 Å². The van der Waals surface area contributed by atoms with Gasteiger partial charge in [-0.2, -0.15) is 0 Å². The van der Waals surface area contributed by atoms with E-state index in [-0.39, 0.29) is 24.4 Å². The van der Waals surface area contributed by atoms with Crippen LogP contribution in [0.15, 0.2) is 24.3 Å². The van der Waals surface area contributed by atoms with Crippen molar-refractivity contribution in [2.45, 2.75) is 193 Å². The molecule has 0 saturated carbocycles. The summed E-state index contributed by atoms with van der Waals surface area (Å²) in [6.45, 7) is 9.29. The van der Waals surface area contributed by atoms with Crippen LogP contribution >= 0.6 is 12.4 Å².